The second-order valence-electron chi connectivity index (χ2n) is 11.2. The third kappa shape index (κ3) is 7.35. The van der Waals surface area contributed by atoms with Gasteiger partial charge in [-0.05, 0) is 0 Å². The highest BCUT2D eigenvalue weighted by Crippen LogP contribution is 2.33. The van der Waals surface area contributed by atoms with Gasteiger partial charge in [0.1, 0.15) is 85.5 Å². The second-order valence-corrected chi connectivity index (χ2v) is 11.2. The summed E-state index contributed by atoms with van der Waals surface area (Å²) >= 11 is 0. The third-order valence-corrected chi connectivity index (χ3v) is 8.18. The molecule has 19 atom stereocenters. The molecule has 4 fully saturated rings. The fourth-order valence-electron chi connectivity index (χ4n) is 5.54. The van der Waals surface area contributed by atoms with Crippen molar-refractivity contribution in [2.75, 3.05) is 32.9 Å². The molecular formula is C24H43NO19. The highest BCUT2D eigenvalue weighted by molar-refractivity contribution is 4.97. The van der Waals surface area contributed by atoms with Crippen LogP contribution in [0.25, 0.3) is 0 Å². The third-order valence-electron chi connectivity index (χ3n) is 8.18. The van der Waals surface area contributed by atoms with Crippen molar-refractivity contribution < 1.29 is 94.8 Å². The zero-order valence-electron chi connectivity index (χ0n) is 23.3. The number of nitrogens with one attached hydrogen (secondary N) is 1. The number of rotatable bonds is 9. The maximum Gasteiger partial charge on any atom is 0.187 e. The molecule has 4 aliphatic heterocycles. The largest absolute Gasteiger partial charge is 0.394 e. The van der Waals surface area contributed by atoms with Crippen LogP contribution in [0.15, 0.2) is 0 Å². The smallest absolute Gasteiger partial charge is 0.187 e. The Morgan fingerprint density at radius 1 is 0.432 bits per heavy atom. The van der Waals surface area contributed by atoms with Crippen LogP contribution in [-0.4, -0.2) is 216 Å². The summed E-state index contributed by atoms with van der Waals surface area (Å²) in [6.45, 7) is -2.66. The molecule has 4 heterocycles. The van der Waals surface area contributed by atoms with E-state index in [9.17, 15) is 66.4 Å². The van der Waals surface area contributed by atoms with Gasteiger partial charge in [0.05, 0.1) is 32.0 Å². The lowest BCUT2D eigenvalue weighted by atomic mass is 9.96. The van der Waals surface area contributed by atoms with E-state index in [-0.39, 0.29) is 13.1 Å². The van der Waals surface area contributed by atoms with Crippen molar-refractivity contribution in [3.8, 4) is 0 Å². The van der Waals surface area contributed by atoms with E-state index >= 15 is 0 Å². The Balaban J connectivity index is 1.43. The van der Waals surface area contributed by atoms with Crippen molar-refractivity contribution in [3.05, 3.63) is 0 Å². The fourth-order valence-corrected chi connectivity index (χ4v) is 5.54. The van der Waals surface area contributed by atoms with Crippen LogP contribution in [0.2, 0.25) is 0 Å². The van der Waals surface area contributed by atoms with Gasteiger partial charge in [-0.25, -0.2) is 0 Å². The second kappa shape index (κ2) is 15.4. The predicted octanol–water partition coefficient (Wildman–Crippen LogP) is -9.49. The Kier molecular flexibility index (Phi) is 12.6. The van der Waals surface area contributed by atoms with E-state index < -0.39 is 136 Å². The van der Waals surface area contributed by atoms with Gasteiger partial charge >= 0.3 is 0 Å². The van der Waals surface area contributed by atoms with Crippen LogP contribution in [0.1, 0.15) is 0 Å². The lowest BCUT2D eigenvalue weighted by Gasteiger charge is -2.48. The number of aliphatic hydroxyl groups excluding tert-OH is 13. The number of aliphatic hydroxyl groups is 13. The summed E-state index contributed by atoms with van der Waals surface area (Å²) in [6, 6.07) is 0. The SMILES string of the molecule is OC[C@H]1O[C@H](O[C@H]2[C@H](O)[C@@H](O)[C@@H](O[C@H]3[C@H](O)[C@@H](O)[C@@H](O[C@H]4[C@H](O)[C@@H](O)CNC[C@H]4O)O[C@@H]3CO)O[C@@H]2CO)[C@H](O)[C@@H](O)[C@@H]1O. The summed E-state index contributed by atoms with van der Waals surface area (Å²) in [5.74, 6) is 0. The number of hydrogen-bond donors (Lipinski definition) is 14. The van der Waals surface area contributed by atoms with Gasteiger partial charge in [-0.3, -0.25) is 0 Å². The van der Waals surface area contributed by atoms with Crippen molar-refractivity contribution in [1.29, 1.82) is 0 Å². The molecule has 0 aromatic rings. The summed E-state index contributed by atoms with van der Waals surface area (Å²) in [4.78, 5) is 0. The van der Waals surface area contributed by atoms with Crippen molar-refractivity contribution >= 4 is 0 Å². The molecule has 44 heavy (non-hydrogen) atoms. The number of hydrogen-bond acceptors (Lipinski definition) is 20. The Labute approximate surface area is 250 Å². The molecule has 0 unspecified atom stereocenters. The topological polar surface area (TPSA) is 330 Å². The summed E-state index contributed by atoms with van der Waals surface area (Å²) in [5.41, 5.74) is 0. The molecular weight excluding hydrogens is 606 g/mol. The van der Waals surface area contributed by atoms with Gasteiger partial charge in [-0.2, -0.15) is 0 Å². The quantitative estimate of drug-likeness (QED) is 0.110. The Hall–Kier alpha value is -0.800. The van der Waals surface area contributed by atoms with Crippen molar-refractivity contribution in [2.24, 2.45) is 0 Å². The predicted molar refractivity (Wildman–Crippen MR) is 135 cm³/mol. The molecule has 0 aliphatic carbocycles. The van der Waals surface area contributed by atoms with E-state index in [2.05, 4.69) is 5.32 Å². The van der Waals surface area contributed by atoms with E-state index in [0.29, 0.717) is 0 Å². The molecule has 4 saturated heterocycles. The Morgan fingerprint density at radius 3 is 1.27 bits per heavy atom. The van der Waals surface area contributed by atoms with Crippen LogP contribution in [-0.2, 0) is 28.4 Å². The van der Waals surface area contributed by atoms with Crippen LogP contribution in [0.3, 0.4) is 0 Å². The van der Waals surface area contributed by atoms with E-state index in [1.807, 2.05) is 0 Å². The molecule has 20 heteroatoms. The van der Waals surface area contributed by atoms with Gasteiger partial charge in [0.25, 0.3) is 0 Å². The highest BCUT2D eigenvalue weighted by atomic mass is 16.8. The minimum absolute atomic E-state index is 0.0667. The zero-order valence-corrected chi connectivity index (χ0v) is 23.3. The van der Waals surface area contributed by atoms with Gasteiger partial charge in [-0.1, -0.05) is 0 Å². The lowest BCUT2D eigenvalue weighted by Crippen LogP contribution is -2.67. The van der Waals surface area contributed by atoms with Gasteiger partial charge in [-0.15, -0.1) is 0 Å². The fraction of sp³-hybridized carbons (Fsp3) is 1.00. The summed E-state index contributed by atoms with van der Waals surface area (Å²) in [5, 5.41) is 136. The van der Waals surface area contributed by atoms with Crippen LogP contribution in [0.4, 0.5) is 0 Å². The van der Waals surface area contributed by atoms with Gasteiger partial charge in [0, 0.05) is 13.1 Å². The van der Waals surface area contributed by atoms with E-state index in [4.69, 9.17) is 28.4 Å². The monoisotopic (exact) mass is 649 g/mol. The molecule has 4 rings (SSSR count). The Bertz CT molecular complexity index is 886. The molecule has 0 bridgehead atoms. The first kappa shape index (κ1) is 36.0. The molecule has 0 radical (unpaired) electrons. The maximum absolute atomic E-state index is 10.9. The normalized spacial score (nSPS) is 52.4. The van der Waals surface area contributed by atoms with Crippen LogP contribution in [0, 0.1) is 0 Å². The van der Waals surface area contributed by atoms with E-state index in [1.165, 1.54) is 0 Å². The van der Waals surface area contributed by atoms with E-state index in [1.54, 1.807) is 0 Å². The van der Waals surface area contributed by atoms with E-state index in [0.717, 1.165) is 0 Å². The Morgan fingerprint density at radius 2 is 0.818 bits per heavy atom. The first-order chi connectivity index (χ1) is 20.8. The first-order valence-electron chi connectivity index (χ1n) is 14.1. The lowest BCUT2D eigenvalue weighted by molar-refractivity contribution is -0.382. The summed E-state index contributed by atoms with van der Waals surface area (Å²) < 4.78 is 32.9. The molecule has 0 aromatic carbocycles. The standard InChI is InChI=1S/C24H43NO19/c26-3-8-12(32)13(33)16(36)22(39-8)43-20-10(5-28)41-24(18(38)15(20)35)44-21-9(4-27)40-23(17(37)14(21)34)42-19-7(30)2-25-1-6(29)11(19)31/h6-38H,1-5H2/t6-,7+,8+,9+,10+,11+,12+,13-,14+,15+,16+,17+,18+,19+,20+,21+,22+,23+,24+/m0/s1. The van der Waals surface area contributed by atoms with Gasteiger partial charge in [0.15, 0.2) is 18.9 Å². The molecule has 0 amide bonds. The molecule has 258 valence electrons. The zero-order chi connectivity index (χ0) is 32.5. The molecule has 20 nitrogen and oxygen atoms in total. The van der Waals surface area contributed by atoms with Crippen molar-refractivity contribution in [3.63, 3.8) is 0 Å². The number of β-amino-alcohol motifs (C(OH)–C–C–N with tert-alkyl or cyclic N) is 2. The highest BCUT2D eigenvalue weighted by Gasteiger charge is 2.54. The van der Waals surface area contributed by atoms with Crippen LogP contribution in [0.5, 0.6) is 0 Å². The average molecular weight is 650 g/mol. The van der Waals surface area contributed by atoms with Crippen LogP contribution >= 0.6 is 0 Å². The molecule has 14 N–H and O–H groups in total. The van der Waals surface area contributed by atoms with Gasteiger partial charge < -0.3 is 100 Å². The van der Waals surface area contributed by atoms with Gasteiger partial charge in [0.2, 0.25) is 0 Å². The molecule has 0 saturated carbocycles. The van der Waals surface area contributed by atoms with Crippen LogP contribution < -0.4 is 5.32 Å². The van der Waals surface area contributed by atoms with Crippen molar-refractivity contribution in [2.45, 2.75) is 117 Å². The first-order valence-corrected chi connectivity index (χ1v) is 14.1. The van der Waals surface area contributed by atoms with Crippen molar-refractivity contribution in [1.82, 2.24) is 5.32 Å². The average Bonchev–Trinajstić information content (AvgIpc) is 3.12. The summed E-state index contributed by atoms with van der Waals surface area (Å²) in [7, 11) is 0. The molecule has 0 aromatic heterocycles. The maximum atomic E-state index is 10.9. The molecule has 0 spiro atoms. The minimum atomic E-state index is -1.99. The molecule has 4 aliphatic rings. The summed E-state index contributed by atoms with van der Waals surface area (Å²) in [6.07, 6.45) is -31.9. The number of ether oxygens (including phenoxy) is 6. The minimum Gasteiger partial charge on any atom is -0.394 e.